The van der Waals surface area contributed by atoms with Crippen LogP contribution in [0.2, 0.25) is 0 Å². The van der Waals surface area contributed by atoms with Crippen molar-refractivity contribution in [1.29, 1.82) is 0 Å². The highest BCUT2D eigenvalue weighted by Crippen LogP contribution is 2.32. The van der Waals surface area contributed by atoms with E-state index >= 15 is 0 Å². The molecular weight excluding hydrogens is 268 g/mol. The van der Waals surface area contributed by atoms with Gasteiger partial charge in [-0.3, -0.25) is 4.98 Å². The zero-order chi connectivity index (χ0) is 11.4. The minimum atomic E-state index is 0.194. The summed E-state index contributed by atoms with van der Waals surface area (Å²) < 4.78 is 6.42. The lowest BCUT2D eigenvalue weighted by Crippen LogP contribution is -2.38. The third-order valence-corrected chi connectivity index (χ3v) is 3.80. The molecule has 16 heavy (non-hydrogen) atoms. The van der Waals surface area contributed by atoms with Gasteiger partial charge in [0.05, 0.1) is 0 Å². The Balaban J connectivity index is 2.08. The summed E-state index contributed by atoms with van der Waals surface area (Å²) in [7, 11) is 0. The number of ether oxygens (including phenoxy) is 1. The maximum Gasteiger partial charge on any atom is 0.0471 e. The SMILES string of the molecule is NCC1(Cc2ccc(Br)cn2)CCOCC1. The number of nitrogens with zero attached hydrogens (tertiary/aromatic N) is 1. The molecule has 0 radical (unpaired) electrons. The summed E-state index contributed by atoms with van der Waals surface area (Å²) in [6, 6.07) is 4.10. The molecular formula is C12H17BrN2O. The van der Waals surface area contributed by atoms with Gasteiger partial charge < -0.3 is 10.5 Å². The average molecular weight is 285 g/mol. The van der Waals surface area contributed by atoms with Gasteiger partial charge in [-0.05, 0) is 59.3 Å². The fourth-order valence-corrected chi connectivity index (χ4v) is 2.39. The quantitative estimate of drug-likeness (QED) is 0.925. The Morgan fingerprint density at radius 3 is 2.69 bits per heavy atom. The van der Waals surface area contributed by atoms with Crippen LogP contribution in [0.3, 0.4) is 0 Å². The number of hydrogen-bond donors (Lipinski definition) is 1. The van der Waals surface area contributed by atoms with Gasteiger partial charge in [0.15, 0.2) is 0 Å². The Morgan fingerprint density at radius 2 is 2.12 bits per heavy atom. The maximum absolute atomic E-state index is 5.92. The van der Waals surface area contributed by atoms with Gasteiger partial charge >= 0.3 is 0 Å². The van der Waals surface area contributed by atoms with Crippen LogP contribution in [0, 0.1) is 5.41 Å². The van der Waals surface area contributed by atoms with Gasteiger partial charge in [0.25, 0.3) is 0 Å². The van der Waals surface area contributed by atoms with Crippen LogP contribution in [0.1, 0.15) is 18.5 Å². The number of pyridine rings is 1. The predicted octanol–water partition coefficient (Wildman–Crippen LogP) is 2.14. The first-order chi connectivity index (χ1) is 7.74. The molecule has 0 aliphatic carbocycles. The lowest BCUT2D eigenvalue weighted by atomic mass is 9.76. The molecule has 2 N–H and O–H groups in total. The van der Waals surface area contributed by atoms with Crippen LogP contribution >= 0.6 is 15.9 Å². The molecule has 1 aromatic heterocycles. The second kappa shape index (κ2) is 5.25. The largest absolute Gasteiger partial charge is 0.381 e. The van der Waals surface area contributed by atoms with Crippen molar-refractivity contribution < 1.29 is 4.74 Å². The highest BCUT2D eigenvalue weighted by atomic mass is 79.9. The summed E-state index contributed by atoms with van der Waals surface area (Å²) >= 11 is 3.39. The van der Waals surface area contributed by atoms with Crippen LogP contribution < -0.4 is 5.73 Å². The van der Waals surface area contributed by atoms with E-state index in [2.05, 4.69) is 27.0 Å². The van der Waals surface area contributed by atoms with E-state index in [-0.39, 0.29) is 5.41 Å². The molecule has 3 nitrogen and oxygen atoms in total. The molecule has 4 heteroatoms. The van der Waals surface area contributed by atoms with Crippen molar-refractivity contribution in [2.45, 2.75) is 19.3 Å². The van der Waals surface area contributed by atoms with Crippen molar-refractivity contribution in [3.63, 3.8) is 0 Å². The third kappa shape index (κ3) is 2.81. The first-order valence-corrected chi connectivity index (χ1v) is 6.42. The van der Waals surface area contributed by atoms with E-state index in [0.717, 1.165) is 42.6 Å². The molecule has 2 rings (SSSR count). The van der Waals surface area contributed by atoms with E-state index in [0.29, 0.717) is 6.54 Å². The van der Waals surface area contributed by atoms with E-state index in [4.69, 9.17) is 10.5 Å². The minimum Gasteiger partial charge on any atom is -0.381 e. The van der Waals surface area contributed by atoms with E-state index in [1.807, 2.05) is 12.3 Å². The minimum absolute atomic E-state index is 0.194. The molecule has 88 valence electrons. The van der Waals surface area contributed by atoms with Gasteiger partial charge in [-0.2, -0.15) is 0 Å². The van der Waals surface area contributed by atoms with Crippen molar-refractivity contribution in [2.75, 3.05) is 19.8 Å². The average Bonchev–Trinajstić information content (AvgIpc) is 2.33. The summed E-state index contributed by atoms with van der Waals surface area (Å²) in [5, 5.41) is 0. The first-order valence-electron chi connectivity index (χ1n) is 5.62. The molecule has 0 spiro atoms. The molecule has 2 heterocycles. The van der Waals surface area contributed by atoms with Crippen molar-refractivity contribution in [3.05, 3.63) is 28.5 Å². The molecule has 1 aliphatic heterocycles. The van der Waals surface area contributed by atoms with E-state index in [1.54, 1.807) is 0 Å². The molecule has 0 amide bonds. The fourth-order valence-electron chi connectivity index (χ4n) is 2.15. The summed E-state index contributed by atoms with van der Waals surface area (Å²) in [5.74, 6) is 0. The molecule has 1 fully saturated rings. The van der Waals surface area contributed by atoms with Gasteiger partial charge in [0, 0.05) is 29.6 Å². The zero-order valence-corrected chi connectivity index (χ0v) is 10.9. The second-order valence-electron chi connectivity index (χ2n) is 4.46. The summed E-state index contributed by atoms with van der Waals surface area (Å²) in [5.41, 5.74) is 7.24. The molecule has 0 bridgehead atoms. The standard InChI is InChI=1S/C12H17BrN2O/c13-10-1-2-11(15-8-10)7-12(9-14)3-5-16-6-4-12/h1-2,8H,3-7,9,14H2. The Bertz CT molecular complexity index is 333. The summed E-state index contributed by atoms with van der Waals surface area (Å²) in [4.78, 5) is 4.42. The van der Waals surface area contributed by atoms with E-state index in [1.165, 1.54) is 0 Å². The molecule has 0 saturated carbocycles. The van der Waals surface area contributed by atoms with Gasteiger partial charge in [-0.1, -0.05) is 0 Å². The van der Waals surface area contributed by atoms with Crippen molar-refractivity contribution in [2.24, 2.45) is 11.1 Å². The highest BCUT2D eigenvalue weighted by Gasteiger charge is 2.31. The molecule has 1 saturated heterocycles. The fraction of sp³-hybridized carbons (Fsp3) is 0.583. The predicted molar refractivity (Wildman–Crippen MR) is 67.2 cm³/mol. The number of rotatable bonds is 3. The lowest BCUT2D eigenvalue weighted by Gasteiger charge is -2.35. The topological polar surface area (TPSA) is 48.1 Å². The molecule has 0 aromatic carbocycles. The zero-order valence-electron chi connectivity index (χ0n) is 9.29. The van der Waals surface area contributed by atoms with Crippen LogP contribution in [0.25, 0.3) is 0 Å². The van der Waals surface area contributed by atoms with Crippen molar-refractivity contribution >= 4 is 15.9 Å². The van der Waals surface area contributed by atoms with Gasteiger partial charge in [-0.25, -0.2) is 0 Å². The lowest BCUT2D eigenvalue weighted by molar-refractivity contribution is 0.0187. The smallest absolute Gasteiger partial charge is 0.0471 e. The Hall–Kier alpha value is -0.450. The normalized spacial score (nSPS) is 19.6. The van der Waals surface area contributed by atoms with Crippen molar-refractivity contribution in [3.8, 4) is 0 Å². The number of nitrogens with two attached hydrogens (primary N) is 1. The molecule has 0 unspecified atom stereocenters. The van der Waals surface area contributed by atoms with E-state index < -0.39 is 0 Å². The third-order valence-electron chi connectivity index (χ3n) is 3.33. The van der Waals surface area contributed by atoms with Crippen LogP contribution in [-0.4, -0.2) is 24.7 Å². The monoisotopic (exact) mass is 284 g/mol. The Labute approximate surface area is 105 Å². The van der Waals surface area contributed by atoms with Crippen LogP contribution in [-0.2, 0) is 11.2 Å². The molecule has 0 atom stereocenters. The summed E-state index contributed by atoms with van der Waals surface area (Å²) in [6.07, 6.45) is 4.89. The summed E-state index contributed by atoms with van der Waals surface area (Å²) in [6.45, 7) is 2.37. The van der Waals surface area contributed by atoms with Crippen LogP contribution in [0.4, 0.5) is 0 Å². The Morgan fingerprint density at radius 1 is 1.38 bits per heavy atom. The number of aromatic nitrogens is 1. The van der Waals surface area contributed by atoms with Gasteiger partial charge in [-0.15, -0.1) is 0 Å². The van der Waals surface area contributed by atoms with Crippen LogP contribution in [0.5, 0.6) is 0 Å². The van der Waals surface area contributed by atoms with Gasteiger partial charge in [0.2, 0.25) is 0 Å². The highest BCUT2D eigenvalue weighted by molar-refractivity contribution is 9.10. The second-order valence-corrected chi connectivity index (χ2v) is 5.38. The maximum atomic E-state index is 5.92. The Kier molecular flexibility index (Phi) is 3.95. The van der Waals surface area contributed by atoms with Gasteiger partial charge in [0.1, 0.15) is 0 Å². The van der Waals surface area contributed by atoms with E-state index in [9.17, 15) is 0 Å². The molecule has 1 aliphatic rings. The van der Waals surface area contributed by atoms with Crippen LogP contribution in [0.15, 0.2) is 22.8 Å². The first kappa shape index (κ1) is 12.0. The number of hydrogen-bond acceptors (Lipinski definition) is 3. The van der Waals surface area contributed by atoms with Crippen molar-refractivity contribution in [1.82, 2.24) is 4.98 Å². The molecule has 1 aromatic rings. The number of halogens is 1.